The fraction of sp³-hybridized carbons (Fsp3) is 0.588. The maximum Gasteiger partial charge on any atom is 0.261 e. The quantitative estimate of drug-likeness (QED) is 0.259. The molecule has 0 aliphatic heterocycles. The van der Waals surface area contributed by atoms with Gasteiger partial charge in [0.05, 0.1) is 0 Å². The highest BCUT2D eigenvalue weighted by atomic mass is 16.5. The van der Waals surface area contributed by atoms with Crippen LogP contribution in [0.2, 0.25) is 0 Å². The van der Waals surface area contributed by atoms with Crippen molar-refractivity contribution >= 4 is 11.8 Å². The highest BCUT2D eigenvalue weighted by molar-refractivity contribution is 5.83. The molecular formula is C34H50N2O4. The van der Waals surface area contributed by atoms with Crippen LogP contribution in [0.15, 0.2) is 48.5 Å². The van der Waals surface area contributed by atoms with Crippen LogP contribution in [-0.2, 0) is 9.59 Å². The maximum atomic E-state index is 13.4. The van der Waals surface area contributed by atoms with Crippen molar-refractivity contribution in [2.24, 2.45) is 0 Å². The molecule has 3 rings (SSSR count). The van der Waals surface area contributed by atoms with Crippen molar-refractivity contribution < 1.29 is 19.1 Å². The number of ether oxygens (including phenoxy) is 2. The van der Waals surface area contributed by atoms with Gasteiger partial charge < -0.3 is 20.1 Å². The van der Waals surface area contributed by atoms with E-state index >= 15 is 0 Å². The molecule has 2 aromatic carbocycles. The fourth-order valence-electron chi connectivity index (χ4n) is 5.41. The first kappa shape index (κ1) is 31.5. The average Bonchev–Trinajstić information content (AvgIpc) is 2.98. The molecule has 0 aromatic heterocycles. The molecule has 1 fully saturated rings. The first-order chi connectivity index (χ1) is 19.3. The standard InChI is InChI=1S/C34H50N2O4/c1-7-23(5)25-17-11-15-21-31(25)39-29(9-3)33(37)35-27-19-13-14-20-28(27)36-34(38)30(10-4)40-32-22-16-12-18-26(32)24(6)8-2/h11-12,15-18,21-24,27-30H,7-10,13-14,19-20H2,1-6H3,(H,35,37)(H,36,38). The van der Waals surface area contributed by atoms with Crippen LogP contribution in [0.1, 0.15) is 116 Å². The molecule has 6 unspecified atom stereocenters. The van der Waals surface area contributed by atoms with Gasteiger partial charge in [-0.05, 0) is 73.6 Å². The van der Waals surface area contributed by atoms with Gasteiger partial charge in [-0.2, -0.15) is 0 Å². The molecule has 0 radical (unpaired) electrons. The van der Waals surface area contributed by atoms with Crippen molar-refractivity contribution in [3.8, 4) is 11.5 Å². The van der Waals surface area contributed by atoms with Crippen LogP contribution in [0.4, 0.5) is 0 Å². The molecule has 2 N–H and O–H groups in total. The Labute approximate surface area is 241 Å². The van der Waals surface area contributed by atoms with E-state index in [9.17, 15) is 9.59 Å². The highest BCUT2D eigenvalue weighted by Gasteiger charge is 2.32. The summed E-state index contributed by atoms with van der Waals surface area (Å²) in [5.41, 5.74) is 2.25. The van der Waals surface area contributed by atoms with E-state index in [1.54, 1.807) is 0 Å². The highest BCUT2D eigenvalue weighted by Crippen LogP contribution is 2.31. The first-order valence-electron chi connectivity index (χ1n) is 15.4. The number of nitrogens with one attached hydrogen (secondary N) is 2. The molecule has 220 valence electrons. The Bertz CT molecular complexity index is 1000. The number of hydrogen-bond acceptors (Lipinski definition) is 4. The molecule has 0 spiro atoms. The van der Waals surface area contributed by atoms with Gasteiger partial charge in [-0.15, -0.1) is 0 Å². The van der Waals surface area contributed by atoms with Crippen molar-refractivity contribution in [2.75, 3.05) is 0 Å². The number of carbonyl (C=O) groups excluding carboxylic acids is 2. The zero-order valence-corrected chi connectivity index (χ0v) is 25.4. The molecule has 0 bridgehead atoms. The minimum atomic E-state index is -0.590. The van der Waals surface area contributed by atoms with Gasteiger partial charge in [0.25, 0.3) is 11.8 Å². The Hall–Kier alpha value is -3.02. The molecule has 6 nitrogen and oxygen atoms in total. The van der Waals surface area contributed by atoms with Gasteiger partial charge in [0.1, 0.15) is 11.5 Å². The van der Waals surface area contributed by atoms with E-state index in [2.05, 4.69) is 50.5 Å². The number of para-hydroxylation sites is 2. The van der Waals surface area contributed by atoms with Gasteiger partial charge >= 0.3 is 0 Å². The smallest absolute Gasteiger partial charge is 0.261 e. The normalized spacial score (nSPS) is 20.1. The number of rotatable bonds is 14. The summed E-state index contributed by atoms with van der Waals surface area (Å²) in [4.78, 5) is 26.8. The molecule has 0 heterocycles. The fourth-order valence-corrected chi connectivity index (χ4v) is 5.41. The van der Waals surface area contributed by atoms with Gasteiger partial charge in [-0.3, -0.25) is 9.59 Å². The van der Waals surface area contributed by atoms with Gasteiger partial charge in [-0.1, -0.05) is 90.8 Å². The van der Waals surface area contributed by atoms with E-state index in [1.165, 1.54) is 0 Å². The molecule has 6 atom stereocenters. The van der Waals surface area contributed by atoms with Crippen molar-refractivity contribution in [1.29, 1.82) is 0 Å². The summed E-state index contributed by atoms with van der Waals surface area (Å²) < 4.78 is 12.6. The summed E-state index contributed by atoms with van der Waals surface area (Å²) >= 11 is 0. The second-order valence-corrected chi connectivity index (χ2v) is 11.2. The van der Waals surface area contributed by atoms with Crippen LogP contribution < -0.4 is 20.1 Å². The predicted octanol–water partition coefficient (Wildman–Crippen LogP) is 7.27. The molecule has 6 heteroatoms. The number of amides is 2. The van der Waals surface area contributed by atoms with Crippen LogP contribution >= 0.6 is 0 Å². The lowest BCUT2D eigenvalue weighted by Crippen LogP contribution is -2.57. The van der Waals surface area contributed by atoms with Crippen LogP contribution in [0.25, 0.3) is 0 Å². The molecule has 1 aliphatic rings. The SMILES string of the molecule is CCC(Oc1ccccc1C(C)CC)C(=O)NC1CCCCC1NC(=O)C(CC)Oc1ccccc1C(C)CC. The molecular weight excluding hydrogens is 500 g/mol. The summed E-state index contributed by atoms with van der Waals surface area (Å²) in [6, 6.07) is 15.7. The van der Waals surface area contributed by atoms with Crippen molar-refractivity contribution in [3.63, 3.8) is 0 Å². The van der Waals surface area contributed by atoms with Crippen LogP contribution in [0.5, 0.6) is 11.5 Å². The van der Waals surface area contributed by atoms with E-state index in [1.807, 2.05) is 50.2 Å². The molecule has 2 aromatic rings. The summed E-state index contributed by atoms with van der Waals surface area (Å²) in [7, 11) is 0. The van der Waals surface area contributed by atoms with Crippen molar-refractivity contribution in [2.45, 2.75) is 129 Å². The van der Waals surface area contributed by atoms with E-state index in [4.69, 9.17) is 9.47 Å². The van der Waals surface area contributed by atoms with E-state index in [-0.39, 0.29) is 23.9 Å². The molecule has 1 saturated carbocycles. The number of hydrogen-bond donors (Lipinski definition) is 2. The first-order valence-corrected chi connectivity index (χ1v) is 15.4. The summed E-state index contributed by atoms with van der Waals surface area (Å²) in [5.74, 6) is 1.99. The zero-order chi connectivity index (χ0) is 29.1. The Morgan fingerprint density at radius 2 is 1.05 bits per heavy atom. The average molecular weight is 551 g/mol. The van der Waals surface area contributed by atoms with Gasteiger partial charge in [-0.25, -0.2) is 0 Å². The lowest BCUT2D eigenvalue weighted by atomic mass is 9.89. The van der Waals surface area contributed by atoms with Gasteiger partial charge in [0.2, 0.25) is 0 Å². The number of benzene rings is 2. The van der Waals surface area contributed by atoms with Crippen molar-refractivity contribution in [3.05, 3.63) is 59.7 Å². The van der Waals surface area contributed by atoms with Crippen LogP contribution in [-0.4, -0.2) is 36.1 Å². The largest absolute Gasteiger partial charge is 0.480 e. The summed E-state index contributed by atoms with van der Waals surface area (Å²) in [6.45, 7) is 12.6. The second kappa shape index (κ2) is 15.7. The minimum absolute atomic E-state index is 0.127. The Morgan fingerprint density at radius 3 is 1.40 bits per heavy atom. The third-order valence-corrected chi connectivity index (χ3v) is 8.41. The van der Waals surface area contributed by atoms with Gasteiger partial charge in [0.15, 0.2) is 12.2 Å². The van der Waals surface area contributed by atoms with E-state index in [0.29, 0.717) is 24.7 Å². The Kier molecular flexibility index (Phi) is 12.4. The van der Waals surface area contributed by atoms with Crippen LogP contribution in [0, 0.1) is 0 Å². The summed E-state index contributed by atoms with van der Waals surface area (Å²) in [5, 5.41) is 6.45. The van der Waals surface area contributed by atoms with E-state index < -0.39 is 12.2 Å². The van der Waals surface area contributed by atoms with Crippen molar-refractivity contribution in [1.82, 2.24) is 10.6 Å². The second-order valence-electron chi connectivity index (χ2n) is 11.2. The summed E-state index contributed by atoms with van der Waals surface area (Å²) in [6.07, 6.45) is 5.62. The van der Waals surface area contributed by atoms with Crippen LogP contribution in [0.3, 0.4) is 0 Å². The third-order valence-electron chi connectivity index (χ3n) is 8.41. The lowest BCUT2D eigenvalue weighted by molar-refractivity contribution is -0.132. The number of carbonyl (C=O) groups is 2. The zero-order valence-electron chi connectivity index (χ0n) is 25.4. The lowest BCUT2D eigenvalue weighted by Gasteiger charge is -2.34. The topological polar surface area (TPSA) is 76.7 Å². The third kappa shape index (κ3) is 8.25. The molecule has 40 heavy (non-hydrogen) atoms. The Morgan fingerprint density at radius 1 is 0.675 bits per heavy atom. The molecule has 0 saturated heterocycles. The molecule has 2 amide bonds. The maximum absolute atomic E-state index is 13.4. The Balaban J connectivity index is 1.67. The molecule has 1 aliphatic carbocycles. The van der Waals surface area contributed by atoms with E-state index in [0.717, 1.165) is 61.2 Å². The predicted molar refractivity (Wildman–Crippen MR) is 162 cm³/mol. The minimum Gasteiger partial charge on any atom is -0.480 e. The monoisotopic (exact) mass is 550 g/mol. The van der Waals surface area contributed by atoms with Gasteiger partial charge in [0, 0.05) is 12.1 Å².